The summed E-state index contributed by atoms with van der Waals surface area (Å²) < 4.78 is 11.4. The van der Waals surface area contributed by atoms with Crippen LogP contribution in [-0.2, 0) is 4.74 Å². The van der Waals surface area contributed by atoms with Gasteiger partial charge in [0.2, 0.25) is 0 Å². The molecule has 20 heavy (non-hydrogen) atoms. The summed E-state index contributed by atoms with van der Waals surface area (Å²) in [6.07, 6.45) is 0. The molecular formula is C15H18BrNO3. The van der Waals surface area contributed by atoms with Crippen molar-refractivity contribution < 1.29 is 14.3 Å². The van der Waals surface area contributed by atoms with E-state index in [0.717, 1.165) is 32.0 Å². The van der Waals surface area contributed by atoms with Gasteiger partial charge in [-0.15, -0.1) is 0 Å². The number of carbonyl (C=O) groups excluding carboxylic acids is 1. The van der Waals surface area contributed by atoms with Crippen molar-refractivity contribution in [3.63, 3.8) is 0 Å². The zero-order chi connectivity index (χ0) is 14.3. The van der Waals surface area contributed by atoms with E-state index in [0.29, 0.717) is 11.3 Å². The van der Waals surface area contributed by atoms with E-state index in [-0.39, 0.29) is 10.6 Å². The molecule has 0 N–H and O–H groups in total. The number of hydrogen-bond donors (Lipinski definition) is 0. The fourth-order valence-electron chi connectivity index (χ4n) is 2.60. The maximum atomic E-state index is 12.4. The quantitative estimate of drug-likeness (QED) is 0.737. The fourth-order valence-corrected chi connectivity index (χ4v) is 2.94. The van der Waals surface area contributed by atoms with Crippen LogP contribution < -0.4 is 9.64 Å². The number of ketones is 1. The lowest BCUT2D eigenvalue weighted by Gasteiger charge is -2.37. The Morgan fingerprint density at radius 1 is 1.30 bits per heavy atom. The van der Waals surface area contributed by atoms with E-state index >= 15 is 0 Å². The monoisotopic (exact) mass is 339 g/mol. The average molecular weight is 340 g/mol. The molecule has 0 radical (unpaired) electrons. The van der Waals surface area contributed by atoms with Gasteiger partial charge in [-0.05, 0) is 26.0 Å². The topological polar surface area (TPSA) is 38.8 Å². The van der Waals surface area contributed by atoms with Gasteiger partial charge in [-0.1, -0.05) is 15.9 Å². The maximum Gasteiger partial charge on any atom is 0.184 e. The van der Waals surface area contributed by atoms with Gasteiger partial charge in [-0.2, -0.15) is 0 Å². The number of rotatable bonds is 1. The van der Waals surface area contributed by atoms with Gasteiger partial charge < -0.3 is 14.4 Å². The van der Waals surface area contributed by atoms with E-state index in [1.165, 1.54) is 0 Å². The molecule has 1 aromatic carbocycles. The van der Waals surface area contributed by atoms with E-state index in [1.807, 2.05) is 32.0 Å². The largest absolute Gasteiger partial charge is 0.485 e. The summed E-state index contributed by atoms with van der Waals surface area (Å²) in [5.74, 6) is 0.768. The molecule has 1 atom stereocenters. The van der Waals surface area contributed by atoms with Crippen molar-refractivity contribution in [2.75, 3.05) is 31.2 Å². The Balaban J connectivity index is 1.94. The van der Waals surface area contributed by atoms with Crippen molar-refractivity contribution in [3.8, 4) is 5.75 Å². The minimum atomic E-state index is -0.534. The van der Waals surface area contributed by atoms with Gasteiger partial charge in [0.1, 0.15) is 16.2 Å². The van der Waals surface area contributed by atoms with Crippen LogP contribution in [0, 0.1) is 0 Å². The lowest BCUT2D eigenvalue weighted by Crippen LogP contribution is -2.46. The Morgan fingerprint density at radius 3 is 2.70 bits per heavy atom. The van der Waals surface area contributed by atoms with Crippen LogP contribution in [0.1, 0.15) is 24.2 Å². The number of anilines is 1. The Bertz CT molecular complexity index is 538. The third-order valence-corrected chi connectivity index (χ3v) is 5.34. The molecule has 0 aliphatic carbocycles. The first-order valence-corrected chi connectivity index (χ1v) is 7.75. The van der Waals surface area contributed by atoms with Crippen molar-refractivity contribution in [1.29, 1.82) is 0 Å². The molecule has 1 aromatic rings. The predicted molar refractivity (Wildman–Crippen MR) is 81.2 cm³/mol. The molecular weight excluding hydrogens is 322 g/mol. The molecule has 1 fully saturated rings. The van der Waals surface area contributed by atoms with E-state index in [9.17, 15) is 4.79 Å². The van der Waals surface area contributed by atoms with Gasteiger partial charge in [0, 0.05) is 24.8 Å². The number of nitrogens with zero attached hydrogens (tertiary/aromatic N) is 1. The number of benzene rings is 1. The number of ether oxygens (including phenoxy) is 2. The number of morpholine rings is 1. The SMILES string of the molecule is CC1(C)Oc2cc(N3CCOCC3)ccc2C(=O)C1Br. The van der Waals surface area contributed by atoms with Crippen LogP contribution in [0.15, 0.2) is 18.2 Å². The van der Waals surface area contributed by atoms with Gasteiger partial charge in [0.15, 0.2) is 5.78 Å². The fraction of sp³-hybridized carbons (Fsp3) is 0.533. The summed E-state index contributed by atoms with van der Waals surface area (Å²) in [7, 11) is 0. The highest BCUT2D eigenvalue weighted by atomic mass is 79.9. The summed E-state index contributed by atoms with van der Waals surface area (Å²) >= 11 is 3.44. The van der Waals surface area contributed by atoms with Crippen molar-refractivity contribution >= 4 is 27.4 Å². The highest BCUT2D eigenvalue weighted by molar-refractivity contribution is 9.10. The van der Waals surface area contributed by atoms with Crippen LogP contribution >= 0.6 is 15.9 Å². The second-order valence-corrected chi connectivity index (χ2v) is 6.63. The maximum absolute atomic E-state index is 12.4. The minimum Gasteiger partial charge on any atom is -0.485 e. The highest BCUT2D eigenvalue weighted by Gasteiger charge is 2.41. The first-order valence-electron chi connectivity index (χ1n) is 6.83. The molecule has 3 rings (SSSR count). The number of alkyl halides is 1. The van der Waals surface area contributed by atoms with Gasteiger partial charge >= 0.3 is 0 Å². The number of carbonyl (C=O) groups is 1. The minimum absolute atomic E-state index is 0.0878. The van der Waals surface area contributed by atoms with Crippen LogP contribution in [-0.4, -0.2) is 42.5 Å². The normalized spacial score (nSPS) is 25.1. The van der Waals surface area contributed by atoms with Crippen LogP contribution in [0.25, 0.3) is 0 Å². The first kappa shape index (κ1) is 13.9. The molecule has 1 unspecified atom stereocenters. The summed E-state index contributed by atoms with van der Waals surface area (Å²) in [5, 5.41) is 0. The molecule has 0 spiro atoms. The van der Waals surface area contributed by atoms with Gasteiger partial charge in [-0.3, -0.25) is 4.79 Å². The zero-order valence-electron chi connectivity index (χ0n) is 11.7. The Hall–Kier alpha value is -1.07. The molecule has 0 amide bonds. The third-order valence-electron chi connectivity index (χ3n) is 3.82. The standard InChI is InChI=1S/C15H18BrNO3/c1-15(2)14(16)13(18)11-4-3-10(9-12(11)20-15)17-5-7-19-8-6-17/h3-4,9,14H,5-8H2,1-2H3. The third kappa shape index (κ3) is 2.33. The first-order chi connectivity index (χ1) is 9.49. The molecule has 108 valence electrons. The molecule has 5 heteroatoms. The summed E-state index contributed by atoms with van der Waals surface area (Å²) in [5.41, 5.74) is 1.21. The van der Waals surface area contributed by atoms with Crippen LogP contribution in [0.3, 0.4) is 0 Å². The molecule has 0 bridgehead atoms. The second-order valence-electron chi connectivity index (χ2n) is 5.71. The molecule has 1 saturated heterocycles. The smallest absolute Gasteiger partial charge is 0.184 e. The molecule has 2 aliphatic rings. The predicted octanol–water partition coefficient (Wildman–Crippen LogP) is 2.64. The molecule has 4 nitrogen and oxygen atoms in total. The van der Waals surface area contributed by atoms with Gasteiger partial charge in [-0.25, -0.2) is 0 Å². The Morgan fingerprint density at radius 2 is 2.00 bits per heavy atom. The molecule has 0 saturated carbocycles. The van der Waals surface area contributed by atoms with Crippen LogP contribution in [0.5, 0.6) is 5.75 Å². The average Bonchev–Trinajstić information content (AvgIpc) is 2.45. The number of fused-ring (bicyclic) bond motifs is 1. The van der Waals surface area contributed by atoms with E-state index < -0.39 is 5.60 Å². The summed E-state index contributed by atoms with van der Waals surface area (Å²) in [4.78, 5) is 14.3. The Kier molecular flexibility index (Phi) is 3.50. The van der Waals surface area contributed by atoms with Gasteiger partial charge in [0.25, 0.3) is 0 Å². The highest BCUT2D eigenvalue weighted by Crippen LogP contribution is 2.38. The molecule has 0 aromatic heterocycles. The van der Waals surface area contributed by atoms with Crippen molar-refractivity contribution in [2.45, 2.75) is 24.3 Å². The van der Waals surface area contributed by atoms with Crippen LogP contribution in [0.2, 0.25) is 0 Å². The second kappa shape index (κ2) is 5.04. The van der Waals surface area contributed by atoms with E-state index in [1.54, 1.807) is 0 Å². The van der Waals surface area contributed by atoms with Crippen molar-refractivity contribution in [2.24, 2.45) is 0 Å². The molecule has 2 aliphatic heterocycles. The number of Topliss-reactive ketones (excluding diaryl/α,β-unsaturated/α-hetero) is 1. The zero-order valence-corrected chi connectivity index (χ0v) is 13.3. The summed E-state index contributed by atoms with van der Waals surface area (Å²) in [6.45, 7) is 7.08. The summed E-state index contributed by atoms with van der Waals surface area (Å²) in [6, 6.07) is 5.83. The lowest BCUT2D eigenvalue weighted by molar-refractivity contribution is 0.0668. The lowest BCUT2D eigenvalue weighted by atomic mass is 9.92. The number of hydrogen-bond acceptors (Lipinski definition) is 4. The van der Waals surface area contributed by atoms with E-state index in [2.05, 4.69) is 20.8 Å². The Labute approximate surface area is 127 Å². The van der Waals surface area contributed by atoms with Crippen LogP contribution in [0.4, 0.5) is 5.69 Å². The van der Waals surface area contributed by atoms with Gasteiger partial charge in [0.05, 0.1) is 18.8 Å². The van der Waals surface area contributed by atoms with Crippen molar-refractivity contribution in [1.82, 2.24) is 0 Å². The molecule has 2 heterocycles. The number of halogens is 1. The van der Waals surface area contributed by atoms with E-state index in [4.69, 9.17) is 9.47 Å². The van der Waals surface area contributed by atoms with Crippen molar-refractivity contribution in [3.05, 3.63) is 23.8 Å².